The Hall–Kier alpha value is -2.47. The van der Waals surface area contributed by atoms with Crippen LogP contribution in [0.25, 0.3) is 6.08 Å². The number of nitrogen functional groups attached to an aromatic ring is 1. The second-order valence-electron chi connectivity index (χ2n) is 4.37. The fraction of sp³-hybridized carbons (Fsp3) is 0.154. The van der Waals surface area contributed by atoms with Gasteiger partial charge < -0.3 is 26.0 Å². The number of methoxy groups -OCH3 is 1. The normalized spacial score (nSPS) is 20.7. The maximum absolute atomic E-state index is 6.33. The largest absolute Gasteiger partial charge is 0.497 e. The first kappa shape index (κ1) is 11.6. The average molecular weight is 258 g/mol. The summed E-state index contributed by atoms with van der Waals surface area (Å²) in [6.07, 6.45) is 3.63. The average Bonchev–Trinajstić information content (AvgIpc) is 2.79. The Morgan fingerprint density at radius 1 is 1.32 bits per heavy atom. The number of fused-ring (bicyclic) bond motifs is 1. The third-order valence-corrected chi connectivity index (χ3v) is 3.16. The number of hydrogen-bond acceptors (Lipinski definition) is 6. The summed E-state index contributed by atoms with van der Waals surface area (Å²) in [6.45, 7) is 0. The molecule has 2 aromatic rings. The molecule has 0 aliphatic carbocycles. The van der Waals surface area contributed by atoms with Crippen LogP contribution in [0.1, 0.15) is 11.1 Å². The highest BCUT2D eigenvalue weighted by atomic mass is 16.5. The van der Waals surface area contributed by atoms with Crippen LogP contribution in [0.4, 0.5) is 11.7 Å². The van der Waals surface area contributed by atoms with E-state index in [1.165, 1.54) is 0 Å². The lowest BCUT2D eigenvalue weighted by atomic mass is 9.96. The fourth-order valence-electron chi connectivity index (χ4n) is 2.04. The van der Waals surface area contributed by atoms with Crippen LogP contribution in [0.5, 0.6) is 5.75 Å². The van der Waals surface area contributed by atoms with Gasteiger partial charge in [0, 0.05) is 0 Å². The number of aromatic nitrogens is 1. The van der Waals surface area contributed by atoms with E-state index in [2.05, 4.69) is 10.5 Å². The second-order valence-corrected chi connectivity index (χ2v) is 4.37. The van der Waals surface area contributed by atoms with Gasteiger partial charge in [-0.15, -0.1) is 0 Å². The zero-order valence-electron chi connectivity index (χ0n) is 10.4. The zero-order valence-corrected chi connectivity index (χ0v) is 10.4. The molecule has 5 N–H and O–H groups in total. The quantitative estimate of drug-likeness (QED) is 0.755. The second kappa shape index (κ2) is 4.03. The molecular formula is C13H14N4O2. The van der Waals surface area contributed by atoms with Gasteiger partial charge in [-0.1, -0.05) is 17.3 Å². The summed E-state index contributed by atoms with van der Waals surface area (Å²) in [5.74, 6) is 1.59. The van der Waals surface area contributed by atoms with E-state index < -0.39 is 5.66 Å². The smallest absolute Gasteiger partial charge is 0.236 e. The van der Waals surface area contributed by atoms with Gasteiger partial charge in [0.15, 0.2) is 5.82 Å². The van der Waals surface area contributed by atoms with Crippen LogP contribution >= 0.6 is 0 Å². The first-order valence-electron chi connectivity index (χ1n) is 5.78. The molecule has 0 fully saturated rings. The highest BCUT2D eigenvalue weighted by molar-refractivity contribution is 5.75. The van der Waals surface area contributed by atoms with Crippen molar-refractivity contribution in [2.45, 2.75) is 5.66 Å². The van der Waals surface area contributed by atoms with Gasteiger partial charge in [-0.2, -0.15) is 0 Å². The molecular weight excluding hydrogens is 244 g/mol. The Bertz CT molecular complexity index is 633. The number of benzene rings is 1. The maximum atomic E-state index is 6.33. The SMILES string of the molecule is COc1ccc(C2(N)C=Cc3c(N)noc3N2)cc1. The number of ether oxygens (including phenoxy) is 1. The van der Waals surface area contributed by atoms with Crippen molar-refractivity contribution < 1.29 is 9.26 Å². The van der Waals surface area contributed by atoms with Crippen molar-refractivity contribution in [3.63, 3.8) is 0 Å². The third-order valence-electron chi connectivity index (χ3n) is 3.16. The fourth-order valence-corrected chi connectivity index (χ4v) is 2.04. The molecule has 1 aromatic carbocycles. The summed E-state index contributed by atoms with van der Waals surface area (Å²) in [5, 5.41) is 6.79. The molecule has 0 bridgehead atoms. The van der Waals surface area contributed by atoms with Crippen molar-refractivity contribution in [1.82, 2.24) is 5.16 Å². The summed E-state index contributed by atoms with van der Waals surface area (Å²) in [5.41, 5.74) is 12.7. The number of nitrogens with two attached hydrogens (primary N) is 2. The summed E-state index contributed by atoms with van der Waals surface area (Å²) in [6, 6.07) is 7.48. The Balaban J connectivity index is 1.97. The van der Waals surface area contributed by atoms with E-state index >= 15 is 0 Å². The lowest BCUT2D eigenvalue weighted by Crippen LogP contribution is -2.43. The van der Waals surface area contributed by atoms with Crippen molar-refractivity contribution in [2.24, 2.45) is 5.73 Å². The van der Waals surface area contributed by atoms with Gasteiger partial charge in [-0.3, -0.25) is 0 Å². The number of nitrogens with one attached hydrogen (secondary N) is 1. The van der Waals surface area contributed by atoms with Crippen molar-refractivity contribution in [3.8, 4) is 5.75 Å². The molecule has 3 rings (SSSR count). The van der Waals surface area contributed by atoms with Crippen LogP contribution in [0.15, 0.2) is 34.9 Å². The number of rotatable bonds is 2. The lowest BCUT2D eigenvalue weighted by molar-refractivity contribution is 0.413. The minimum Gasteiger partial charge on any atom is -0.497 e. The summed E-state index contributed by atoms with van der Waals surface area (Å²) in [7, 11) is 1.62. The molecule has 0 radical (unpaired) electrons. The van der Waals surface area contributed by atoms with E-state index in [1.54, 1.807) is 7.11 Å². The number of hydrogen-bond donors (Lipinski definition) is 3. The zero-order chi connectivity index (χ0) is 13.5. The standard InChI is InChI=1S/C13H14N4O2/c1-18-9-4-2-8(3-5-9)13(15)7-6-10-11(14)17-19-12(10)16-13/h2-7,16H,15H2,1H3,(H2,14,17). The van der Waals surface area contributed by atoms with E-state index in [-0.39, 0.29) is 0 Å². The molecule has 0 spiro atoms. The lowest BCUT2D eigenvalue weighted by Gasteiger charge is -2.30. The molecule has 1 aromatic heterocycles. The van der Waals surface area contributed by atoms with Gasteiger partial charge in [0.1, 0.15) is 11.4 Å². The molecule has 0 saturated heterocycles. The number of anilines is 2. The van der Waals surface area contributed by atoms with Crippen molar-refractivity contribution >= 4 is 17.8 Å². The molecule has 2 heterocycles. The van der Waals surface area contributed by atoms with Crippen LogP contribution in [-0.4, -0.2) is 12.3 Å². The Labute approximate surface area is 110 Å². The monoisotopic (exact) mass is 258 g/mol. The topological polar surface area (TPSA) is 99.3 Å². The van der Waals surface area contributed by atoms with Crippen LogP contribution in [0, 0.1) is 0 Å². The van der Waals surface area contributed by atoms with Gasteiger partial charge in [0.05, 0.1) is 12.7 Å². The molecule has 1 aliphatic rings. The van der Waals surface area contributed by atoms with Crippen molar-refractivity contribution in [3.05, 3.63) is 41.5 Å². The molecule has 6 heteroatoms. The minimum absolute atomic E-state index is 0.343. The van der Waals surface area contributed by atoms with Gasteiger partial charge in [-0.05, 0) is 29.8 Å². The molecule has 0 saturated carbocycles. The molecule has 98 valence electrons. The third kappa shape index (κ3) is 1.82. The Kier molecular flexibility index (Phi) is 2.46. The van der Waals surface area contributed by atoms with Crippen LogP contribution in [-0.2, 0) is 5.66 Å². The van der Waals surface area contributed by atoms with Gasteiger partial charge >= 0.3 is 0 Å². The number of nitrogens with zero attached hydrogens (tertiary/aromatic N) is 1. The summed E-state index contributed by atoms with van der Waals surface area (Å²) < 4.78 is 10.2. The molecule has 0 amide bonds. The van der Waals surface area contributed by atoms with E-state index in [0.29, 0.717) is 11.7 Å². The predicted octanol–water partition coefficient (Wildman–Crippen LogP) is 1.52. The minimum atomic E-state index is -0.856. The van der Waals surface area contributed by atoms with Crippen LogP contribution in [0.2, 0.25) is 0 Å². The van der Waals surface area contributed by atoms with Crippen molar-refractivity contribution in [1.29, 1.82) is 0 Å². The van der Waals surface area contributed by atoms with Gasteiger partial charge in [0.25, 0.3) is 0 Å². The Morgan fingerprint density at radius 2 is 2.05 bits per heavy atom. The van der Waals surface area contributed by atoms with Crippen molar-refractivity contribution in [2.75, 3.05) is 18.2 Å². The highest BCUT2D eigenvalue weighted by Gasteiger charge is 2.31. The van der Waals surface area contributed by atoms with Crippen LogP contribution in [0.3, 0.4) is 0 Å². The van der Waals surface area contributed by atoms with E-state index in [4.69, 9.17) is 20.7 Å². The van der Waals surface area contributed by atoms with E-state index in [0.717, 1.165) is 16.9 Å². The highest BCUT2D eigenvalue weighted by Crippen LogP contribution is 2.34. The molecule has 1 unspecified atom stereocenters. The van der Waals surface area contributed by atoms with E-state index in [1.807, 2.05) is 36.4 Å². The summed E-state index contributed by atoms with van der Waals surface area (Å²) in [4.78, 5) is 0. The van der Waals surface area contributed by atoms with Crippen LogP contribution < -0.4 is 21.5 Å². The molecule has 1 aliphatic heterocycles. The maximum Gasteiger partial charge on any atom is 0.236 e. The van der Waals surface area contributed by atoms with E-state index in [9.17, 15) is 0 Å². The first-order chi connectivity index (χ1) is 9.12. The van der Waals surface area contributed by atoms with Gasteiger partial charge in [0.2, 0.25) is 5.88 Å². The predicted molar refractivity (Wildman–Crippen MR) is 72.4 cm³/mol. The molecule has 6 nitrogen and oxygen atoms in total. The summed E-state index contributed by atoms with van der Waals surface area (Å²) >= 11 is 0. The molecule has 1 atom stereocenters. The Morgan fingerprint density at radius 3 is 2.74 bits per heavy atom. The first-order valence-corrected chi connectivity index (χ1v) is 5.78. The van der Waals surface area contributed by atoms with Gasteiger partial charge in [-0.25, -0.2) is 0 Å². The molecule has 19 heavy (non-hydrogen) atoms.